The molecule has 32 heavy (non-hydrogen) atoms. The lowest BCUT2D eigenvalue weighted by molar-refractivity contribution is -0.116. The van der Waals surface area contributed by atoms with Gasteiger partial charge in [0.15, 0.2) is 11.6 Å². The summed E-state index contributed by atoms with van der Waals surface area (Å²) >= 11 is -1.56. The second kappa shape index (κ2) is 9.95. The molecular formula is C23H25FN4O3S. The summed E-state index contributed by atoms with van der Waals surface area (Å²) in [7, 11) is 0. The standard InChI is InChI=1S/C23H25FN4O3S/c1-2-8-17(28-20-12-5-6-13-21(20)31-32(28)30)9-7-14-23(29)25-22-15-16-27(26-22)19-11-4-3-10-18(19)24/h3-6,10-13,15-17H,2,7-9,14H2,1H3,(H,25,26,29)/t17-,32?/m0/s1. The first-order chi connectivity index (χ1) is 15.6. The van der Waals surface area contributed by atoms with Gasteiger partial charge in [-0.1, -0.05) is 37.6 Å². The number of amides is 1. The van der Waals surface area contributed by atoms with E-state index in [1.807, 2.05) is 28.6 Å². The van der Waals surface area contributed by atoms with E-state index in [0.717, 1.165) is 18.5 Å². The van der Waals surface area contributed by atoms with Crippen molar-refractivity contribution in [2.75, 3.05) is 9.62 Å². The molecule has 9 heteroatoms. The Labute approximate surface area is 189 Å². The molecule has 1 amide bonds. The van der Waals surface area contributed by atoms with E-state index in [-0.39, 0.29) is 17.8 Å². The fourth-order valence-corrected chi connectivity index (χ4v) is 4.94. The Bertz CT molecular complexity index is 1120. The third-order valence-electron chi connectivity index (χ3n) is 5.27. The van der Waals surface area contributed by atoms with Crippen LogP contribution >= 0.6 is 0 Å². The van der Waals surface area contributed by atoms with Crippen molar-refractivity contribution in [3.63, 3.8) is 0 Å². The number of benzene rings is 2. The van der Waals surface area contributed by atoms with Gasteiger partial charge < -0.3 is 9.50 Å². The first-order valence-corrected chi connectivity index (χ1v) is 11.7. The highest BCUT2D eigenvalue weighted by molar-refractivity contribution is 7.82. The van der Waals surface area contributed by atoms with E-state index in [1.54, 1.807) is 30.5 Å². The van der Waals surface area contributed by atoms with E-state index in [1.165, 1.54) is 10.7 Å². The van der Waals surface area contributed by atoms with Gasteiger partial charge in [0.05, 0.1) is 5.69 Å². The minimum absolute atomic E-state index is 0.0116. The number of carbonyl (C=O) groups excluding carboxylic acids is 1. The summed E-state index contributed by atoms with van der Waals surface area (Å²) in [4.78, 5) is 12.4. The first kappa shape index (κ1) is 22.0. The van der Waals surface area contributed by atoms with Crippen molar-refractivity contribution in [2.45, 2.75) is 45.1 Å². The zero-order chi connectivity index (χ0) is 22.5. The third kappa shape index (κ3) is 4.83. The zero-order valence-electron chi connectivity index (χ0n) is 17.7. The second-order valence-corrected chi connectivity index (χ2v) is 8.57. The van der Waals surface area contributed by atoms with Crippen molar-refractivity contribution in [1.29, 1.82) is 0 Å². The number of nitrogens with zero attached hydrogens (tertiary/aromatic N) is 3. The van der Waals surface area contributed by atoms with Crippen molar-refractivity contribution in [3.05, 3.63) is 66.6 Å². The number of carbonyl (C=O) groups is 1. The number of fused-ring (bicyclic) bond motifs is 1. The maximum absolute atomic E-state index is 13.9. The lowest BCUT2D eigenvalue weighted by atomic mass is 10.0. The number of hydrogen-bond donors (Lipinski definition) is 1. The molecule has 2 heterocycles. The Morgan fingerprint density at radius 1 is 1.12 bits per heavy atom. The lowest BCUT2D eigenvalue weighted by Crippen LogP contribution is -2.35. The van der Waals surface area contributed by atoms with E-state index in [4.69, 9.17) is 4.18 Å². The van der Waals surface area contributed by atoms with Gasteiger partial charge in [0.25, 0.3) is 0 Å². The molecule has 0 saturated carbocycles. The van der Waals surface area contributed by atoms with Gasteiger partial charge in [0.2, 0.25) is 5.91 Å². The molecule has 0 bridgehead atoms. The maximum Gasteiger partial charge on any atom is 0.319 e. The Balaban J connectivity index is 1.33. The average molecular weight is 457 g/mol. The van der Waals surface area contributed by atoms with Crippen LogP contribution in [-0.4, -0.2) is 25.9 Å². The summed E-state index contributed by atoms with van der Waals surface area (Å²) in [6, 6.07) is 15.4. The number of hydrogen-bond acceptors (Lipinski definition) is 4. The van der Waals surface area contributed by atoms with Crippen molar-refractivity contribution in [3.8, 4) is 11.4 Å². The molecule has 1 aliphatic rings. The van der Waals surface area contributed by atoms with Gasteiger partial charge in [-0.3, -0.25) is 9.10 Å². The number of aromatic nitrogens is 2. The molecule has 1 N–H and O–H groups in total. The summed E-state index contributed by atoms with van der Waals surface area (Å²) in [6.45, 7) is 2.08. The van der Waals surface area contributed by atoms with Gasteiger partial charge in [-0.25, -0.2) is 9.07 Å². The van der Waals surface area contributed by atoms with Crippen LogP contribution in [0.25, 0.3) is 5.69 Å². The molecule has 0 fully saturated rings. The Morgan fingerprint density at radius 2 is 1.88 bits per heavy atom. The van der Waals surface area contributed by atoms with Gasteiger partial charge in [-0.2, -0.15) is 4.21 Å². The van der Waals surface area contributed by atoms with Gasteiger partial charge in [0.1, 0.15) is 11.5 Å². The van der Waals surface area contributed by atoms with Crippen molar-refractivity contribution in [1.82, 2.24) is 9.78 Å². The number of para-hydroxylation sites is 3. The summed E-state index contributed by atoms with van der Waals surface area (Å²) in [5.74, 6) is 0.431. The molecule has 2 aromatic carbocycles. The van der Waals surface area contributed by atoms with Crippen LogP contribution in [0, 0.1) is 5.82 Å². The maximum atomic E-state index is 13.9. The molecule has 3 aromatic rings. The van der Waals surface area contributed by atoms with Crippen molar-refractivity contribution < 1.29 is 17.6 Å². The topological polar surface area (TPSA) is 76.5 Å². The van der Waals surface area contributed by atoms with E-state index >= 15 is 0 Å². The van der Waals surface area contributed by atoms with Crippen LogP contribution in [0.3, 0.4) is 0 Å². The predicted molar refractivity (Wildman–Crippen MR) is 122 cm³/mol. The van der Waals surface area contributed by atoms with Gasteiger partial charge in [-0.15, -0.1) is 5.10 Å². The number of anilines is 2. The van der Waals surface area contributed by atoms with Crippen LogP contribution in [0.4, 0.5) is 15.9 Å². The molecule has 1 unspecified atom stereocenters. The van der Waals surface area contributed by atoms with Gasteiger partial charge >= 0.3 is 11.3 Å². The highest BCUT2D eigenvalue weighted by Gasteiger charge is 2.33. The van der Waals surface area contributed by atoms with Gasteiger partial charge in [-0.05, 0) is 43.5 Å². The summed E-state index contributed by atoms with van der Waals surface area (Å²) in [6.07, 6.45) is 5.01. The van der Waals surface area contributed by atoms with Crippen LogP contribution in [0.15, 0.2) is 60.8 Å². The number of rotatable bonds is 9. The van der Waals surface area contributed by atoms with E-state index in [9.17, 15) is 13.4 Å². The average Bonchev–Trinajstić information content (AvgIpc) is 3.37. The van der Waals surface area contributed by atoms with Crippen LogP contribution in [0.1, 0.15) is 39.0 Å². The third-order valence-corrected chi connectivity index (χ3v) is 6.41. The molecule has 0 aliphatic carbocycles. The van der Waals surface area contributed by atoms with Gasteiger partial charge in [0, 0.05) is 24.7 Å². The molecular weight excluding hydrogens is 431 g/mol. The fraction of sp³-hybridized carbons (Fsp3) is 0.304. The molecule has 168 valence electrons. The predicted octanol–water partition coefficient (Wildman–Crippen LogP) is 4.77. The molecule has 4 rings (SSSR count). The number of halogens is 1. The minimum Gasteiger partial charge on any atom is -0.383 e. The molecule has 1 aromatic heterocycles. The van der Waals surface area contributed by atoms with Crippen molar-refractivity contribution >= 4 is 28.7 Å². The largest absolute Gasteiger partial charge is 0.383 e. The van der Waals surface area contributed by atoms with E-state index in [0.29, 0.717) is 36.5 Å². The Kier molecular flexibility index (Phi) is 6.84. The van der Waals surface area contributed by atoms with Crippen molar-refractivity contribution in [2.24, 2.45) is 0 Å². The smallest absolute Gasteiger partial charge is 0.319 e. The quantitative estimate of drug-likeness (QED) is 0.503. The van der Waals surface area contributed by atoms with E-state index < -0.39 is 11.3 Å². The van der Waals surface area contributed by atoms with Crippen LogP contribution in [0.5, 0.6) is 5.75 Å². The second-order valence-electron chi connectivity index (χ2n) is 7.57. The SMILES string of the molecule is CCC[C@@H](CCCC(=O)Nc1ccn(-c2ccccc2F)n1)N1c2ccccc2OS1=O. The first-order valence-electron chi connectivity index (χ1n) is 10.7. The molecule has 0 radical (unpaired) electrons. The fourth-order valence-electron chi connectivity index (χ4n) is 3.80. The lowest BCUT2D eigenvalue weighted by Gasteiger charge is -2.26. The van der Waals surface area contributed by atoms with Crippen LogP contribution in [-0.2, 0) is 16.1 Å². The molecule has 7 nitrogen and oxygen atoms in total. The minimum atomic E-state index is -1.56. The molecule has 1 aliphatic heterocycles. The highest BCUT2D eigenvalue weighted by atomic mass is 32.2. The summed E-state index contributed by atoms with van der Waals surface area (Å²) < 4.78 is 35.1. The monoisotopic (exact) mass is 456 g/mol. The number of nitrogens with one attached hydrogen (secondary N) is 1. The van der Waals surface area contributed by atoms with E-state index in [2.05, 4.69) is 17.3 Å². The molecule has 0 spiro atoms. The van der Waals surface area contributed by atoms with Crippen LogP contribution < -0.4 is 13.8 Å². The highest BCUT2D eigenvalue weighted by Crippen LogP contribution is 2.39. The zero-order valence-corrected chi connectivity index (χ0v) is 18.6. The molecule has 0 saturated heterocycles. The van der Waals surface area contributed by atoms with Crippen LogP contribution in [0.2, 0.25) is 0 Å². The normalized spacial score (nSPS) is 15.8. The summed E-state index contributed by atoms with van der Waals surface area (Å²) in [5, 5.41) is 6.99. The molecule has 2 atom stereocenters. The summed E-state index contributed by atoms with van der Waals surface area (Å²) in [5.41, 5.74) is 1.14. The Hall–Kier alpha value is -3.20. The Morgan fingerprint density at radius 3 is 2.66 bits per heavy atom.